The molecule has 190 valence electrons. The van der Waals surface area contributed by atoms with Crippen LogP contribution in [0.3, 0.4) is 0 Å². The molecule has 0 saturated carbocycles. The number of hydrogen-bond donors (Lipinski definition) is 1. The number of hydrogen-bond acceptors (Lipinski definition) is 11. The van der Waals surface area contributed by atoms with E-state index in [2.05, 4.69) is 24.9 Å². The third-order valence-corrected chi connectivity index (χ3v) is 7.35. The van der Waals surface area contributed by atoms with E-state index in [9.17, 15) is 9.59 Å². The van der Waals surface area contributed by atoms with Crippen molar-refractivity contribution in [3.63, 3.8) is 0 Å². The number of nitrogens with zero attached hydrogens (tertiary/aromatic N) is 7. The minimum absolute atomic E-state index is 0.0540. The van der Waals surface area contributed by atoms with E-state index in [-0.39, 0.29) is 17.4 Å². The van der Waals surface area contributed by atoms with E-state index in [0.29, 0.717) is 39.9 Å². The standard InChI is InChI=1S/C24H24N8O4S/c25-23-27-21-19(22-26-20(28-32(22)23)18-2-1-14-36-18)37-24(34)31(21)12-9-29-7-10-30(11-8-29)16-3-5-17(6-4-16)35-15-13-33/h1-6,13-14H,7-12,15H2,(H2,25,27). The molecule has 37 heavy (non-hydrogen) atoms. The van der Waals surface area contributed by atoms with E-state index in [1.165, 1.54) is 4.52 Å². The van der Waals surface area contributed by atoms with Crippen molar-refractivity contribution in [2.24, 2.45) is 0 Å². The molecule has 5 aromatic rings. The summed E-state index contributed by atoms with van der Waals surface area (Å²) in [7, 11) is 0. The Kier molecular flexibility index (Phi) is 6.06. The van der Waals surface area contributed by atoms with Crippen LogP contribution < -0.4 is 20.2 Å². The maximum atomic E-state index is 12.9. The van der Waals surface area contributed by atoms with Crippen molar-refractivity contribution in [2.75, 3.05) is 50.0 Å². The molecule has 0 unspecified atom stereocenters. The maximum Gasteiger partial charge on any atom is 0.309 e. The van der Waals surface area contributed by atoms with Gasteiger partial charge in [-0.3, -0.25) is 19.1 Å². The zero-order chi connectivity index (χ0) is 25.4. The fraction of sp³-hybridized carbons (Fsp3) is 0.292. The molecular weight excluding hydrogens is 496 g/mol. The van der Waals surface area contributed by atoms with Gasteiger partial charge in [-0.05, 0) is 36.4 Å². The quantitative estimate of drug-likeness (QED) is 0.301. The Balaban J connectivity index is 1.14. The molecule has 6 rings (SSSR count). The van der Waals surface area contributed by atoms with Crippen LogP contribution in [0.25, 0.3) is 27.6 Å². The summed E-state index contributed by atoms with van der Waals surface area (Å²) in [5, 5.41) is 4.40. The van der Waals surface area contributed by atoms with Gasteiger partial charge in [0.15, 0.2) is 23.3 Å². The molecule has 4 aromatic heterocycles. The second kappa shape index (κ2) is 9.67. The summed E-state index contributed by atoms with van der Waals surface area (Å²) in [4.78, 5) is 37.0. The van der Waals surface area contributed by atoms with Crippen LogP contribution in [0.2, 0.25) is 0 Å². The number of aromatic nitrogens is 5. The fourth-order valence-electron chi connectivity index (χ4n) is 4.49. The molecule has 1 aliphatic heterocycles. The molecule has 0 radical (unpaired) electrons. The van der Waals surface area contributed by atoms with Gasteiger partial charge in [0.2, 0.25) is 11.8 Å². The lowest BCUT2D eigenvalue weighted by atomic mass is 10.2. The van der Waals surface area contributed by atoms with Crippen molar-refractivity contribution in [3.05, 3.63) is 52.3 Å². The number of piperazine rings is 1. The number of rotatable bonds is 8. The van der Waals surface area contributed by atoms with Crippen molar-refractivity contribution < 1.29 is 13.9 Å². The average molecular weight is 521 g/mol. The van der Waals surface area contributed by atoms with E-state index in [1.807, 2.05) is 24.3 Å². The van der Waals surface area contributed by atoms with Gasteiger partial charge in [0.1, 0.15) is 17.1 Å². The average Bonchev–Trinajstić information content (AvgIpc) is 3.66. The van der Waals surface area contributed by atoms with E-state index < -0.39 is 0 Å². The van der Waals surface area contributed by atoms with Gasteiger partial charge in [-0.25, -0.2) is 4.98 Å². The molecule has 1 saturated heterocycles. The number of carbonyl (C=O) groups is 1. The molecule has 0 aliphatic carbocycles. The third kappa shape index (κ3) is 4.42. The van der Waals surface area contributed by atoms with Crippen LogP contribution in [-0.2, 0) is 11.3 Å². The van der Waals surface area contributed by atoms with Gasteiger partial charge in [0.25, 0.3) is 0 Å². The first kappa shape index (κ1) is 23.2. The first-order valence-electron chi connectivity index (χ1n) is 11.8. The minimum atomic E-state index is -0.104. The van der Waals surface area contributed by atoms with Crippen molar-refractivity contribution in [2.45, 2.75) is 6.54 Å². The molecule has 13 heteroatoms. The number of benzene rings is 1. The van der Waals surface area contributed by atoms with Crippen LogP contribution in [-0.4, -0.2) is 74.7 Å². The van der Waals surface area contributed by atoms with Crippen LogP contribution in [0.1, 0.15) is 0 Å². The number of thiazole rings is 1. The van der Waals surface area contributed by atoms with Gasteiger partial charge >= 0.3 is 4.87 Å². The summed E-state index contributed by atoms with van der Waals surface area (Å²) in [5.41, 5.74) is 8.31. The summed E-state index contributed by atoms with van der Waals surface area (Å²) in [6, 6.07) is 11.3. The van der Waals surface area contributed by atoms with Crippen LogP contribution in [0.15, 0.2) is 51.9 Å². The number of furan rings is 1. The van der Waals surface area contributed by atoms with E-state index in [4.69, 9.17) is 14.9 Å². The summed E-state index contributed by atoms with van der Waals surface area (Å²) >= 11 is 1.10. The Hall–Kier alpha value is -4.23. The van der Waals surface area contributed by atoms with Crippen LogP contribution in [0, 0.1) is 0 Å². The summed E-state index contributed by atoms with van der Waals surface area (Å²) in [6.45, 7) is 4.76. The molecule has 1 fully saturated rings. The molecule has 0 atom stereocenters. The number of ether oxygens (including phenoxy) is 1. The van der Waals surface area contributed by atoms with Gasteiger partial charge in [-0.2, -0.15) is 9.50 Å². The normalized spacial score (nSPS) is 14.5. The van der Waals surface area contributed by atoms with Crippen LogP contribution in [0.4, 0.5) is 11.6 Å². The summed E-state index contributed by atoms with van der Waals surface area (Å²) in [6.07, 6.45) is 2.29. The topological polar surface area (TPSA) is 137 Å². The SMILES string of the molecule is Nc1nc2c(sc(=O)n2CCN2CCN(c3ccc(OCC=O)cc3)CC2)c2nc(-c3ccco3)nn12. The lowest BCUT2D eigenvalue weighted by Gasteiger charge is -2.36. The lowest BCUT2D eigenvalue weighted by Crippen LogP contribution is -2.47. The molecule has 0 bridgehead atoms. The number of nitrogen functional groups attached to an aromatic ring is 1. The third-order valence-electron chi connectivity index (χ3n) is 6.39. The van der Waals surface area contributed by atoms with Crippen molar-refractivity contribution in [1.29, 1.82) is 0 Å². The predicted molar refractivity (Wildman–Crippen MR) is 139 cm³/mol. The van der Waals surface area contributed by atoms with E-state index >= 15 is 0 Å². The fourth-order valence-corrected chi connectivity index (χ4v) is 5.42. The lowest BCUT2D eigenvalue weighted by molar-refractivity contribution is -0.109. The molecule has 1 aliphatic rings. The Morgan fingerprint density at radius 1 is 1.05 bits per heavy atom. The Labute approximate surface area is 214 Å². The molecule has 2 N–H and O–H groups in total. The highest BCUT2D eigenvalue weighted by Crippen LogP contribution is 2.26. The van der Waals surface area contributed by atoms with Gasteiger partial charge in [0.05, 0.1) is 6.26 Å². The number of carbonyl (C=O) groups excluding carboxylic acids is 1. The maximum absolute atomic E-state index is 12.9. The number of aldehydes is 1. The zero-order valence-corrected chi connectivity index (χ0v) is 20.6. The van der Waals surface area contributed by atoms with E-state index in [0.717, 1.165) is 56.0 Å². The molecule has 12 nitrogen and oxygen atoms in total. The highest BCUT2D eigenvalue weighted by atomic mass is 32.1. The van der Waals surface area contributed by atoms with Gasteiger partial charge in [-0.1, -0.05) is 11.3 Å². The van der Waals surface area contributed by atoms with Crippen LogP contribution in [0.5, 0.6) is 5.75 Å². The number of anilines is 2. The number of nitrogens with two attached hydrogens (primary N) is 1. The highest BCUT2D eigenvalue weighted by molar-refractivity contribution is 7.17. The molecular formula is C24H24N8O4S. The Morgan fingerprint density at radius 3 is 2.59 bits per heavy atom. The zero-order valence-electron chi connectivity index (χ0n) is 19.8. The monoisotopic (exact) mass is 520 g/mol. The molecule has 5 heterocycles. The van der Waals surface area contributed by atoms with Crippen LogP contribution >= 0.6 is 11.3 Å². The second-order valence-electron chi connectivity index (χ2n) is 8.59. The first-order chi connectivity index (χ1) is 18.1. The van der Waals surface area contributed by atoms with Gasteiger partial charge < -0.3 is 19.8 Å². The van der Waals surface area contributed by atoms with Crippen molar-refractivity contribution in [1.82, 2.24) is 29.0 Å². The highest BCUT2D eigenvalue weighted by Gasteiger charge is 2.21. The molecule has 1 aromatic carbocycles. The van der Waals surface area contributed by atoms with Gasteiger partial charge in [0, 0.05) is 45.0 Å². The van der Waals surface area contributed by atoms with Crippen molar-refractivity contribution in [3.8, 4) is 17.3 Å². The van der Waals surface area contributed by atoms with E-state index in [1.54, 1.807) is 23.0 Å². The Bertz CT molecular complexity index is 1600. The summed E-state index contributed by atoms with van der Waals surface area (Å²) in [5.74, 6) is 1.75. The largest absolute Gasteiger partial charge is 0.486 e. The second-order valence-corrected chi connectivity index (χ2v) is 9.55. The minimum Gasteiger partial charge on any atom is -0.486 e. The first-order valence-corrected chi connectivity index (χ1v) is 12.7. The Morgan fingerprint density at radius 2 is 1.86 bits per heavy atom. The van der Waals surface area contributed by atoms with Crippen molar-refractivity contribution >= 4 is 45.3 Å². The molecule has 0 amide bonds. The predicted octanol–water partition coefficient (Wildman–Crippen LogP) is 1.74. The smallest absolute Gasteiger partial charge is 0.309 e. The summed E-state index contributed by atoms with van der Waals surface area (Å²) < 4.78 is 14.5. The van der Waals surface area contributed by atoms with Gasteiger partial charge in [-0.15, -0.1) is 5.10 Å². The number of fused-ring (bicyclic) bond motifs is 3. The molecule has 0 spiro atoms.